The predicted octanol–water partition coefficient (Wildman–Crippen LogP) is 9.66. The molecule has 0 bridgehead atoms. The summed E-state index contributed by atoms with van der Waals surface area (Å²) in [6.07, 6.45) is 51.3. The molecule has 6 heteroatoms. The Balaban J connectivity index is 0.0000270. The standard InChI is InChI=1S/C47H86N2O3.BrH/c1-2-3-4-5-6-7-8-18-21-24-27-30-34-39-46(51)45(44-50)48-47(52)40-35-31-28-25-22-19-16-14-12-10-9-11-13-15-17-20-23-26-29-32-36-41-49-42-37-33-38-43-49;/h33-34,37-39,42-43,45-46,50-51H,2-32,35-36,40-41,44H2,1H3;1H/b39-34+;/t45-,46+;/m0./s1. The lowest BCUT2D eigenvalue weighted by atomic mass is 10.0. The summed E-state index contributed by atoms with van der Waals surface area (Å²) in [5.74, 6) is -0.0625. The fourth-order valence-electron chi connectivity index (χ4n) is 7.34. The number of halogens is 1. The average molecular weight is 808 g/mol. The maximum absolute atomic E-state index is 12.4. The molecule has 0 saturated carbocycles. The second kappa shape index (κ2) is 41.9. The number of aliphatic hydroxyl groups is 2. The number of aliphatic hydroxyl groups excluding tert-OH is 2. The Kier molecular flexibility index (Phi) is 40.9. The van der Waals surface area contributed by atoms with Gasteiger partial charge in [-0.15, -0.1) is 0 Å². The molecule has 0 aliphatic carbocycles. The highest BCUT2D eigenvalue weighted by molar-refractivity contribution is 5.76. The van der Waals surface area contributed by atoms with E-state index in [1.807, 2.05) is 6.08 Å². The van der Waals surface area contributed by atoms with E-state index in [1.165, 1.54) is 186 Å². The highest BCUT2D eigenvalue weighted by Crippen LogP contribution is 2.16. The molecular weight excluding hydrogens is 720 g/mol. The minimum atomic E-state index is -0.836. The zero-order valence-electron chi connectivity index (χ0n) is 34.8. The fourth-order valence-corrected chi connectivity index (χ4v) is 7.34. The molecule has 310 valence electrons. The Morgan fingerprint density at radius 3 is 1.36 bits per heavy atom. The molecule has 0 aromatic carbocycles. The lowest BCUT2D eigenvalue weighted by Crippen LogP contribution is -3.00. The molecule has 0 spiro atoms. The first-order valence-electron chi connectivity index (χ1n) is 22.9. The molecule has 0 fully saturated rings. The van der Waals surface area contributed by atoms with E-state index in [2.05, 4.69) is 47.4 Å². The average Bonchev–Trinajstić information content (AvgIpc) is 3.16. The third-order valence-corrected chi connectivity index (χ3v) is 10.9. The molecule has 5 nitrogen and oxygen atoms in total. The van der Waals surface area contributed by atoms with Gasteiger partial charge in [-0.05, 0) is 25.7 Å². The normalized spacial score (nSPS) is 12.6. The smallest absolute Gasteiger partial charge is 0.220 e. The van der Waals surface area contributed by atoms with Gasteiger partial charge in [0.2, 0.25) is 5.91 Å². The number of aryl methyl sites for hydroxylation is 1. The van der Waals surface area contributed by atoms with Crippen LogP contribution >= 0.6 is 0 Å². The van der Waals surface area contributed by atoms with Crippen molar-refractivity contribution in [2.45, 2.75) is 244 Å². The number of allylic oxidation sites excluding steroid dienone is 1. The van der Waals surface area contributed by atoms with Crippen LogP contribution in [0.25, 0.3) is 0 Å². The quantitative estimate of drug-likeness (QED) is 0.0352. The number of amides is 1. The minimum absolute atomic E-state index is 0. The number of nitrogens with one attached hydrogen (secondary N) is 1. The largest absolute Gasteiger partial charge is 1.00 e. The van der Waals surface area contributed by atoms with E-state index in [1.54, 1.807) is 6.08 Å². The maximum atomic E-state index is 12.4. The van der Waals surface area contributed by atoms with Crippen LogP contribution in [0.5, 0.6) is 0 Å². The summed E-state index contributed by atoms with van der Waals surface area (Å²) >= 11 is 0. The molecule has 1 heterocycles. The molecular formula is C47H87BrN2O3. The van der Waals surface area contributed by atoms with Crippen LogP contribution in [-0.4, -0.2) is 34.9 Å². The van der Waals surface area contributed by atoms with E-state index >= 15 is 0 Å². The van der Waals surface area contributed by atoms with E-state index < -0.39 is 12.1 Å². The molecule has 1 rings (SSSR count). The van der Waals surface area contributed by atoms with E-state index in [0.29, 0.717) is 6.42 Å². The molecule has 1 aromatic rings. The molecule has 1 amide bonds. The summed E-state index contributed by atoms with van der Waals surface area (Å²) in [6.45, 7) is 3.18. The molecule has 53 heavy (non-hydrogen) atoms. The Bertz CT molecular complexity index is 899. The van der Waals surface area contributed by atoms with E-state index in [0.717, 1.165) is 32.2 Å². The number of nitrogens with zero attached hydrogens (tertiary/aromatic N) is 1. The van der Waals surface area contributed by atoms with Crippen LogP contribution in [0.3, 0.4) is 0 Å². The second-order valence-corrected chi connectivity index (χ2v) is 15.9. The van der Waals surface area contributed by atoms with Crippen LogP contribution < -0.4 is 26.9 Å². The highest BCUT2D eigenvalue weighted by atomic mass is 79.9. The maximum Gasteiger partial charge on any atom is 0.220 e. The Hall–Kier alpha value is -1.24. The van der Waals surface area contributed by atoms with Crippen LogP contribution in [-0.2, 0) is 11.3 Å². The van der Waals surface area contributed by atoms with Crippen LogP contribution in [0.1, 0.15) is 225 Å². The first kappa shape index (κ1) is 51.8. The van der Waals surface area contributed by atoms with Gasteiger partial charge in [-0.25, -0.2) is 4.57 Å². The van der Waals surface area contributed by atoms with Crippen molar-refractivity contribution in [1.82, 2.24) is 5.32 Å². The van der Waals surface area contributed by atoms with Crippen molar-refractivity contribution >= 4 is 5.91 Å². The number of rotatable bonds is 40. The number of hydrogen-bond donors (Lipinski definition) is 3. The molecule has 0 radical (unpaired) electrons. The van der Waals surface area contributed by atoms with Crippen molar-refractivity contribution in [3.8, 4) is 0 Å². The van der Waals surface area contributed by atoms with Gasteiger partial charge >= 0.3 is 0 Å². The Labute approximate surface area is 339 Å². The predicted molar refractivity (Wildman–Crippen MR) is 223 cm³/mol. The number of carbonyl (C=O) groups is 1. The van der Waals surface area contributed by atoms with Gasteiger partial charge in [0.1, 0.15) is 6.54 Å². The molecule has 2 atom stereocenters. The highest BCUT2D eigenvalue weighted by Gasteiger charge is 2.18. The first-order valence-corrected chi connectivity index (χ1v) is 22.9. The van der Waals surface area contributed by atoms with E-state index in [9.17, 15) is 15.0 Å². The van der Waals surface area contributed by atoms with Gasteiger partial charge in [0.15, 0.2) is 12.4 Å². The van der Waals surface area contributed by atoms with Crippen LogP contribution in [0.15, 0.2) is 42.7 Å². The monoisotopic (exact) mass is 807 g/mol. The van der Waals surface area contributed by atoms with Crippen molar-refractivity contribution in [3.63, 3.8) is 0 Å². The van der Waals surface area contributed by atoms with Crippen molar-refractivity contribution in [3.05, 3.63) is 42.7 Å². The van der Waals surface area contributed by atoms with Crippen LogP contribution in [0, 0.1) is 0 Å². The summed E-state index contributed by atoms with van der Waals surface area (Å²) < 4.78 is 2.29. The molecule has 0 aliphatic rings. The number of unbranched alkanes of at least 4 members (excludes halogenated alkanes) is 31. The van der Waals surface area contributed by atoms with E-state index in [-0.39, 0.29) is 29.5 Å². The molecule has 0 unspecified atom stereocenters. The summed E-state index contributed by atoms with van der Waals surface area (Å²) in [4.78, 5) is 12.4. The lowest BCUT2D eigenvalue weighted by Gasteiger charge is -2.20. The first-order chi connectivity index (χ1) is 25.7. The zero-order chi connectivity index (χ0) is 37.4. The summed E-state index contributed by atoms with van der Waals surface area (Å²) in [6, 6.07) is 5.69. The third kappa shape index (κ3) is 36.2. The Morgan fingerprint density at radius 2 is 0.943 bits per heavy atom. The van der Waals surface area contributed by atoms with Crippen molar-refractivity contribution in [1.29, 1.82) is 0 Å². The number of aromatic nitrogens is 1. The lowest BCUT2D eigenvalue weighted by molar-refractivity contribution is -0.697. The van der Waals surface area contributed by atoms with Gasteiger partial charge in [0.05, 0.1) is 18.8 Å². The Morgan fingerprint density at radius 1 is 0.566 bits per heavy atom. The zero-order valence-corrected chi connectivity index (χ0v) is 36.4. The molecule has 1 aromatic heterocycles. The minimum Gasteiger partial charge on any atom is -1.00 e. The van der Waals surface area contributed by atoms with Gasteiger partial charge in [-0.3, -0.25) is 4.79 Å². The molecule has 3 N–H and O–H groups in total. The molecule has 0 aliphatic heterocycles. The number of carbonyl (C=O) groups excluding carboxylic acids is 1. The van der Waals surface area contributed by atoms with Gasteiger partial charge < -0.3 is 32.5 Å². The van der Waals surface area contributed by atoms with Gasteiger partial charge in [-0.1, -0.05) is 205 Å². The molecule has 0 saturated heterocycles. The van der Waals surface area contributed by atoms with Crippen molar-refractivity contribution < 1.29 is 36.6 Å². The van der Waals surface area contributed by atoms with Gasteiger partial charge in [-0.2, -0.15) is 0 Å². The van der Waals surface area contributed by atoms with Crippen LogP contribution in [0.2, 0.25) is 0 Å². The van der Waals surface area contributed by atoms with Crippen LogP contribution in [0.4, 0.5) is 0 Å². The fraction of sp³-hybridized carbons (Fsp3) is 0.830. The van der Waals surface area contributed by atoms with E-state index in [4.69, 9.17) is 0 Å². The number of hydrogen-bond acceptors (Lipinski definition) is 3. The summed E-state index contributed by atoms with van der Waals surface area (Å²) in [5.41, 5.74) is 0. The van der Waals surface area contributed by atoms with Gasteiger partial charge in [0.25, 0.3) is 0 Å². The number of pyridine rings is 1. The second-order valence-electron chi connectivity index (χ2n) is 15.9. The summed E-state index contributed by atoms with van der Waals surface area (Å²) in [7, 11) is 0. The summed E-state index contributed by atoms with van der Waals surface area (Å²) in [5, 5.41) is 23.0. The van der Waals surface area contributed by atoms with Crippen molar-refractivity contribution in [2.75, 3.05) is 6.61 Å². The third-order valence-electron chi connectivity index (χ3n) is 10.9. The van der Waals surface area contributed by atoms with Crippen molar-refractivity contribution in [2.24, 2.45) is 0 Å². The van der Waals surface area contributed by atoms with Gasteiger partial charge in [0, 0.05) is 25.0 Å². The topological polar surface area (TPSA) is 73.4 Å². The SMILES string of the molecule is CCCCCCCCCCCCC/C=C/[C@@H](O)[C@H](CO)NC(=O)CCCCCCCCCCCCCCCCCCCCCCC[n+]1ccccc1.[Br-].